The maximum Gasteiger partial charge on any atom is 0.182 e. The van der Waals surface area contributed by atoms with Crippen LogP contribution in [0.4, 0.5) is 0 Å². The van der Waals surface area contributed by atoms with Crippen LogP contribution in [0, 0.1) is 0 Å². The van der Waals surface area contributed by atoms with Crippen LogP contribution in [0.15, 0.2) is 218 Å². The molecule has 0 aliphatic rings. The van der Waals surface area contributed by atoms with Gasteiger partial charge in [0.2, 0.25) is 0 Å². The van der Waals surface area contributed by atoms with Crippen molar-refractivity contribution < 1.29 is 0 Å². The molecule has 4 aromatic heterocycles. The van der Waals surface area contributed by atoms with Gasteiger partial charge in [-0.2, -0.15) is 0 Å². The molecule has 0 saturated carbocycles. The van der Waals surface area contributed by atoms with Crippen molar-refractivity contribution in [2.75, 3.05) is 0 Å². The van der Waals surface area contributed by atoms with Crippen LogP contribution in [0.1, 0.15) is 0 Å². The first kappa shape index (κ1) is 34.4. The van der Waals surface area contributed by atoms with Crippen molar-refractivity contribution in [2.24, 2.45) is 0 Å². The van der Waals surface area contributed by atoms with Crippen molar-refractivity contribution in [2.45, 2.75) is 0 Å². The van der Waals surface area contributed by atoms with Crippen LogP contribution in [0.25, 0.3) is 111 Å². The van der Waals surface area contributed by atoms with Crippen LogP contribution < -0.4 is 0 Å². The number of rotatable bonds is 6. The molecule has 0 N–H and O–H groups in total. The summed E-state index contributed by atoms with van der Waals surface area (Å²) in [4.78, 5) is 5.11. The van der Waals surface area contributed by atoms with Crippen LogP contribution in [-0.4, -0.2) is 28.5 Å². The Kier molecular flexibility index (Phi) is 7.50. The Balaban J connectivity index is 1.06. The highest BCUT2D eigenvalue weighted by molar-refractivity contribution is 6.26. The molecule has 0 atom stereocenters. The minimum Gasteiger partial charge on any atom is -0.309 e. The van der Waals surface area contributed by atoms with Crippen LogP contribution in [0.2, 0.25) is 0 Å². The molecular formula is C56H36N6. The van der Waals surface area contributed by atoms with E-state index < -0.39 is 0 Å². The first-order chi connectivity index (χ1) is 30.8. The number of hydrogen-bond donors (Lipinski definition) is 0. The molecule has 13 rings (SSSR count). The van der Waals surface area contributed by atoms with Crippen molar-refractivity contribution in [1.82, 2.24) is 28.5 Å². The van der Waals surface area contributed by atoms with Gasteiger partial charge in [-0.05, 0) is 66.7 Å². The Hall–Kier alpha value is -8.48. The Labute approximate surface area is 356 Å². The lowest BCUT2D eigenvalue weighted by Crippen LogP contribution is -2.03. The molecule has 0 aliphatic heterocycles. The molecule has 0 radical (unpaired) electrons. The van der Waals surface area contributed by atoms with Crippen molar-refractivity contribution in [3.63, 3.8) is 0 Å². The summed E-state index contributed by atoms with van der Waals surface area (Å²) >= 11 is 0. The molecule has 13 aromatic rings. The second-order valence-corrected chi connectivity index (χ2v) is 15.8. The fourth-order valence-corrected chi connectivity index (χ4v) is 9.78. The summed E-state index contributed by atoms with van der Waals surface area (Å²) in [5, 5.41) is 12.4. The zero-order valence-electron chi connectivity index (χ0n) is 33.5. The average molecular weight is 793 g/mol. The van der Waals surface area contributed by atoms with Crippen molar-refractivity contribution in [3.8, 4) is 45.5 Å². The summed E-state index contributed by atoms with van der Waals surface area (Å²) in [7, 11) is 0. The van der Waals surface area contributed by atoms with Crippen molar-refractivity contribution >= 4 is 65.4 Å². The molecule has 0 fully saturated rings. The second kappa shape index (κ2) is 13.5. The molecule has 0 saturated heterocycles. The molecular weight excluding hydrogens is 757 g/mol. The molecule has 0 spiro atoms. The van der Waals surface area contributed by atoms with E-state index >= 15 is 0 Å². The lowest BCUT2D eigenvalue weighted by molar-refractivity contribution is 0.892. The highest BCUT2D eigenvalue weighted by Crippen LogP contribution is 2.44. The number of aromatic nitrogens is 6. The largest absolute Gasteiger partial charge is 0.309 e. The summed E-state index contributed by atoms with van der Waals surface area (Å²) in [5.74, 6) is 1.48. The maximum absolute atomic E-state index is 5.14. The molecule has 0 amide bonds. The van der Waals surface area contributed by atoms with Gasteiger partial charge in [-0.25, -0.2) is 9.67 Å². The highest BCUT2D eigenvalue weighted by Gasteiger charge is 2.24. The van der Waals surface area contributed by atoms with Crippen LogP contribution >= 0.6 is 0 Å². The molecule has 4 heterocycles. The number of benzene rings is 9. The van der Waals surface area contributed by atoms with Gasteiger partial charge >= 0.3 is 0 Å². The van der Waals surface area contributed by atoms with E-state index in [1.54, 1.807) is 0 Å². The summed E-state index contributed by atoms with van der Waals surface area (Å²) < 4.78 is 9.33. The zero-order valence-corrected chi connectivity index (χ0v) is 33.5. The first-order valence-corrected chi connectivity index (χ1v) is 21.0. The molecule has 290 valence electrons. The Morgan fingerprint density at radius 2 is 0.823 bits per heavy atom. The van der Waals surface area contributed by atoms with E-state index in [0.29, 0.717) is 5.82 Å². The van der Waals surface area contributed by atoms with Crippen LogP contribution in [0.3, 0.4) is 0 Å². The molecule has 0 unspecified atom stereocenters. The fraction of sp³-hybridized carbons (Fsp3) is 0. The van der Waals surface area contributed by atoms with E-state index in [1.807, 2.05) is 41.1 Å². The van der Waals surface area contributed by atoms with E-state index in [1.165, 1.54) is 38.0 Å². The number of fused-ring (bicyclic) bond motifs is 10. The van der Waals surface area contributed by atoms with Gasteiger partial charge in [0.05, 0.1) is 50.2 Å². The summed E-state index contributed by atoms with van der Waals surface area (Å²) in [5.41, 5.74) is 13.2. The van der Waals surface area contributed by atoms with Gasteiger partial charge in [-0.3, -0.25) is 0 Å². The average Bonchev–Trinajstić information content (AvgIpc) is 4.11. The second-order valence-electron chi connectivity index (χ2n) is 15.8. The molecule has 0 aliphatic carbocycles. The highest BCUT2D eigenvalue weighted by atomic mass is 15.4. The third-order valence-corrected chi connectivity index (χ3v) is 12.4. The maximum atomic E-state index is 5.14. The molecule has 62 heavy (non-hydrogen) atoms. The van der Waals surface area contributed by atoms with E-state index in [9.17, 15) is 0 Å². The van der Waals surface area contributed by atoms with Gasteiger partial charge in [0.25, 0.3) is 0 Å². The number of hydrogen-bond acceptors (Lipinski definition) is 2. The summed E-state index contributed by atoms with van der Waals surface area (Å²) in [6, 6.07) is 77.8. The normalized spacial score (nSPS) is 11.9. The monoisotopic (exact) mass is 792 g/mol. The smallest absolute Gasteiger partial charge is 0.182 e. The predicted molar refractivity (Wildman–Crippen MR) is 255 cm³/mol. The lowest BCUT2D eigenvalue weighted by atomic mass is 10.1. The van der Waals surface area contributed by atoms with Gasteiger partial charge in [0, 0.05) is 49.1 Å². The predicted octanol–water partition coefficient (Wildman–Crippen LogP) is 13.9. The van der Waals surface area contributed by atoms with E-state index in [0.717, 1.165) is 67.2 Å². The number of para-hydroxylation sites is 6. The van der Waals surface area contributed by atoms with Crippen molar-refractivity contribution in [3.05, 3.63) is 218 Å². The fourth-order valence-electron chi connectivity index (χ4n) is 9.78. The van der Waals surface area contributed by atoms with Gasteiger partial charge < -0.3 is 13.7 Å². The summed E-state index contributed by atoms with van der Waals surface area (Å²) in [6.07, 6.45) is 0. The molecule has 9 aromatic carbocycles. The Bertz CT molecular complexity index is 3850. The van der Waals surface area contributed by atoms with Gasteiger partial charge in [0.15, 0.2) is 11.6 Å². The van der Waals surface area contributed by atoms with Crippen LogP contribution in [-0.2, 0) is 0 Å². The quantitative estimate of drug-likeness (QED) is 0.168. The third-order valence-electron chi connectivity index (χ3n) is 12.4. The lowest BCUT2D eigenvalue weighted by Gasteiger charge is -2.17. The zero-order chi connectivity index (χ0) is 40.7. The minimum absolute atomic E-state index is 0.688. The van der Waals surface area contributed by atoms with E-state index in [-0.39, 0.29) is 0 Å². The molecule has 0 bridgehead atoms. The minimum atomic E-state index is 0.688. The summed E-state index contributed by atoms with van der Waals surface area (Å²) in [6.45, 7) is 0. The Morgan fingerprint density at radius 3 is 1.52 bits per heavy atom. The van der Waals surface area contributed by atoms with E-state index in [4.69, 9.17) is 10.1 Å². The van der Waals surface area contributed by atoms with Crippen molar-refractivity contribution in [1.29, 1.82) is 0 Å². The molecule has 6 nitrogen and oxygen atoms in total. The van der Waals surface area contributed by atoms with E-state index in [2.05, 4.69) is 196 Å². The topological polar surface area (TPSA) is 45.5 Å². The third kappa shape index (κ3) is 5.04. The standard InChI is InChI=1S/C56H36N6/c1-4-18-37(19-5-1)55-57-56(38-20-6-2-7-21-38)62(58-55)40-32-34-49-45(36-40)42-25-11-14-28-47(42)60(49)50-30-16-17-31-51(50)61-48-29-15-12-26-44(48)53-52(61)35-33-43-41-24-10-13-27-46(41)59(54(43)53)39-22-8-3-9-23-39/h1-36H. The SMILES string of the molecule is c1ccc(-c2nc(-c3ccccc3)n(-c3ccc4c(c3)c3ccccc3n4-c3ccccc3-n3c4ccccc4c4c3ccc3c5ccccc5n(-c5ccccc5)c34)n2)cc1. The first-order valence-electron chi connectivity index (χ1n) is 21.0. The molecule has 6 heteroatoms. The van der Waals surface area contributed by atoms with Gasteiger partial charge in [-0.1, -0.05) is 152 Å². The van der Waals surface area contributed by atoms with Gasteiger partial charge in [0.1, 0.15) is 0 Å². The van der Waals surface area contributed by atoms with Gasteiger partial charge in [-0.15, -0.1) is 5.10 Å². The number of nitrogens with zero attached hydrogens (tertiary/aromatic N) is 6. The van der Waals surface area contributed by atoms with Crippen LogP contribution in [0.5, 0.6) is 0 Å². The Morgan fingerprint density at radius 1 is 0.323 bits per heavy atom.